The predicted molar refractivity (Wildman–Crippen MR) is 58.6 cm³/mol. The van der Waals surface area contributed by atoms with Crippen LogP contribution in [0.1, 0.15) is 11.1 Å². The van der Waals surface area contributed by atoms with E-state index in [-0.39, 0.29) is 18.0 Å². The summed E-state index contributed by atoms with van der Waals surface area (Å²) in [6.07, 6.45) is -4.42. The van der Waals surface area contributed by atoms with Gasteiger partial charge in [0, 0.05) is 13.6 Å². The van der Waals surface area contributed by atoms with Gasteiger partial charge < -0.3 is 4.90 Å². The highest BCUT2D eigenvalue weighted by Gasteiger charge is 2.33. The number of halogens is 4. The molecule has 1 rings (SSSR count). The molecule has 0 aliphatic carbocycles. The second-order valence-electron chi connectivity index (χ2n) is 3.54. The van der Waals surface area contributed by atoms with Gasteiger partial charge in [0.1, 0.15) is 5.88 Å². The number of benzene rings is 1. The average molecular weight is 266 g/mol. The number of rotatable bonds is 3. The summed E-state index contributed by atoms with van der Waals surface area (Å²) in [6, 6.07) is 5.16. The molecule has 6 heteroatoms. The number of carbonyl (C=O) groups is 1. The van der Waals surface area contributed by atoms with E-state index in [4.69, 9.17) is 11.6 Å². The Morgan fingerprint density at radius 3 is 2.47 bits per heavy atom. The number of nitrogens with zero attached hydrogens (tertiary/aromatic N) is 1. The lowest BCUT2D eigenvalue weighted by Gasteiger charge is -2.19. The van der Waals surface area contributed by atoms with Gasteiger partial charge in [-0.05, 0) is 11.6 Å². The van der Waals surface area contributed by atoms with Gasteiger partial charge in [0.25, 0.3) is 0 Å². The van der Waals surface area contributed by atoms with E-state index in [1.807, 2.05) is 0 Å². The van der Waals surface area contributed by atoms with Crippen molar-refractivity contribution in [2.75, 3.05) is 12.9 Å². The van der Waals surface area contributed by atoms with Gasteiger partial charge >= 0.3 is 6.18 Å². The summed E-state index contributed by atoms with van der Waals surface area (Å²) in [5, 5.41) is 0. The van der Waals surface area contributed by atoms with Crippen molar-refractivity contribution in [1.82, 2.24) is 4.90 Å². The lowest BCUT2D eigenvalue weighted by Crippen LogP contribution is -2.28. The van der Waals surface area contributed by atoms with Crippen molar-refractivity contribution in [1.29, 1.82) is 0 Å². The fourth-order valence-electron chi connectivity index (χ4n) is 1.38. The Morgan fingerprint density at radius 2 is 1.94 bits per heavy atom. The predicted octanol–water partition coefficient (Wildman–Crippen LogP) is 2.90. The second kappa shape index (κ2) is 5.40. The van der Waals surface area contributed by atoms with Gasteiger partial charge in [-0.25, -0.2) is 0 Å². The van der Waals surface area contributed by atoms with Gasteiger partial charge in [0.05, 0.1) is 5.56 Å². The Hall–Kier alpha value is -1.23. The van der Waals surface area contributed by atoms with Crippen LogP contribution in [-0.4, -0.2) is 23.7 Å². The van der Waals surface area contributed by atoms with E-state index >= 15 is 0 Å². The maximum Gasteiger partial charge on any atom is 0.416 e. The van der Waals surface area contributed by atoms with Gasteiger partial charge in [-0.2, -0.15) is 13.2 Å². The summed E-state index contributed by atoms with van der Waals surface area (Å²) < 4.78 is 38.0. The van der Waals surface area contributed by atoms with Crippen LogP contribution in [0.3, 0.4) is 0 Å². The Morgan fingerprint density at radius 1 is 1.35 bits per heavy atom. The van der Waals surface area contributed by atoms with Crippen LogP contribution in [-0.2, 0) is 17.5 Å². The van der Waals surface area contributed by atoms with Gasteiger partial charge in [0.2, 0.25) is 5.91 Å². The van der Waals surface area contributed by atoms with Crippen LogP contribution < -0.4 is 0 Å². The molecule has 0 radical (unpaired) electrons. The number of carbonyl (C=O) groups excluding carboxylic acids is 1. The van der Waals surface area contributed by atoms with Crippen LogP contribution in [0.25, 0.3) is 0 Å². The third-order valence-corrected chi connectivity index (χ3v) is 2.50. The highest BCUT2D eigenvalue weighted by molar-refractivity contribution is 6.27. The van der Waals surface area contributed by atoms with E-state index in [9.17, 15) is 18.0 Å². The van der Waals surface area contributed by atoms with Crippen molar-refractivity contribution < 1.29 is 18.0 Å². The highest BCUT2D eigenvalue weighted by Crippen LogP contribution is 2.32. The SMILES string of the molecule is CN(Cc1ccccc1C(F)(F)F)C(=O)CCl. The maximum absolute atomic E-state index is 12.7. The van der Waals surface area contributed by atoms with Gasteiger partial charge in [-0.3, -0.25) is 4.79 Å². The van der Waals surface area contributed by atoms with Crippen LogP contribution in [0.2, 0.25) is 0 Å². The molecule has 0 aromatic heterocycles. The summed E-state index contributed by atoms with van der Waals surface area (Å²) in [7, 11) is 1.41. The summed E-state index contributed by atoms with van der Waals surface area (Å²) >= 11 is 5.33. The van der Waals surface area contributed by atoms with Crippen LogP contribution in [0.15, 0.2) is 24.3 Å². The van der Waals surface area contributed by atoms with Crippen LogP contribution >= 0.6 is 11.6 Å². The quantitative estimate of drug-likeness (QED) is 0.770. The molecule has 1 aromatic rings. The van der Waals surface area contributed by atoms with Crippen LogP contribution in [0.4, 0.5) is 13.2 Å². The molecule has 1 aromatic carbocycles. The van der Waals surface area contributed by atoms with Crippen molar-refractivity contribution in [2.24, 2.45) is 0 Å². The molecular weight excluding hydrogens is 255 g/mol. The van der Waals surface area contributed by atoms with Crippen LogP contribution in [0.5, 0.6) is 0 Å². The number of hydrogen-bond acceptors (Lipinski definition) is 1. The fourth-order valence-corrected chi connectivity index (χ4v) is 1.58. The van der Waals surface area contributed by atoms with Crippen molar-refractivity contribution >= 4 is 17.5 Å². The normalized spacial score (nSPS) is 11.4. The lowest BCUT2D eigenvalue weighted by atomic mass is 10.1. The molecule has 0 saturated carbocycles. The van der Waals surface area contributed by atoms with Crippen LogP contribution in [0, 0.1) is 0 Å². The molecule has 1 amide bonds. The van der Waals surface area contributed by atoms with Gasteiger partial charge in [-0.1, -0.05) is 18.2 Å². The largest absolute Gasteiger partial charge is 0.416 e. The molecule has 0 spiro atoms. The number of amides is 1. The monoisotopic (exact) mass is 265 g/mol. The minimum Gasteiger partial charge on any atom is -0.340 e. The first-order chi connectivity index (χ1) is 7.86. The third-order valence-electron chi connectivity index (χ3n) is 2.27. The summed E-state index contributed by atoms with van der Waals surface area (Å²) in [5.74, 6) is -0.659. The molecule has 0 saturated heterocycles. The van der Waals surface area contributed by atoms with E-state index in [0.717, 1.165) is 11.0 Å². The molecule has 0 N–H and O–H groups in total. The Balaban J connectivity index is 2.95. The Labute approximate surface area is 102 Å². The van der Waals surface area contributed by atoms with Gasteiger partial charge in [-0.15, -0.1) is 11.6 Å². The van der Waals surface area contributed by atoms with Crippen molar-refractivity contribution in [2.45, 2.75) is 12.7 Å². The molecule has 17 heavy (non-hydrogen) atoms. The number of hydrogen-bond donors (Lipinski definition) is 0. The third kappa shape index (κ3) is 3.63. The minimum absolute atomic E-state index is 0.0565. The molecule has 0 fully saturated rings. The molecule has 94 valence electrons. The van der Waals surface area contributed by atoms with E-state index in [1.165, 1.54) is 25.2 Å². The zero-order chi connectivity index (χ0) is 13.1. The first-order valence-electron chi connectivity index (χ1n) is 4.81. The first-order valence-corrected chi connectivity index (χ1v) is 5.34. The second-order valence-corrected chi connectivity index (χ2v) is 3.81. The Kier molecular flexibility index (Phi) is 4.40. The summed E-state index contributed by atoms with van der Waals surface area (Å²) in [5.41, 5.74) is -0.671. The standard InChI is InChI=1S/C11H11ClF3NO/c1-16(10(17)6-12)7-8-4-2-3-5-9(8)11(13,14)15/h2-5H,6-7H2,1H3. The average Bonchev–Trinajstić information content (AvgIpc) is 2.27. The molecule has 0 heterocycles. The molecule has 0 unspecified atom stereocenters. The van der Waals surface area contributed by atoms with Crippen molar-refractivity contribution in [3.05, 3.63) is 35.4 Å². The molecule has 2 nitrogen and oxygen atoms in total. The molecule has 0 bridgehead atoms. The fraction of sp³-hybridized carbons (Fsp3) is 0.364. The highest BCUT2D eigenvalue weighted by atomic mass is 35.5. The number of alkyl halides is 4. The van der Waals surface area contributed by atoms with E-state index in [0.29, 0.717) is 0 Å². The van der Waals surface area contributed by atoms with E-state index < -0.39 is 17.6 Å². The van der Waals surface area contributed by atoms with Crippen molar-refractivity contribution in [3.8, 4) is 0 Å². The van der Waals surface area contributed by atoms with Crippen molar-refractivity contribution in [3.63, 3.8) is 0 Å². The van der Waals surface area contributed by atoms with Gasteiger partial charge in [0.15, 0.2) is 0 Å². The zero-order valence-corrected chi connectivity index (χ0v) is 9.85. The van der Waals surface area contributed by atoms with E-state index in [2.05, 4.69) is 0 Å². The Bertz CT molecular complexity index is 406. The molecular formula is C11H11ClF3NO. The topological polar surface area (TPSA) is 20.3 Å². The maximum atomic E-state index is 12.7. The molecule has 0 aliphatic rings. The smallest absolute Gasteiger partial charge is 0.340 e. The molecule has 0 atom stereocenters. The summed E-state index contributed by atoms with van der Waals surface area (Å²) in [4.78, 5) is 12.4. The first kappa shape index (κ1) is 13.8. The lowest BCUT2D eigenvalue weighted by molar-refractivity contribution is -0.139. The van der Waals surface area contributed by atoms with E-state index in [1.54, 1.807) is 0 Å². The minimum atomic E-state index is -4.42. The molecule has 0 aliphatic heterocycles. The zero-order valence-electron chi connectivity index (χ0n) is 9.09. The summed E-state index contributed by atoms with van der Waals surface area (Å²) in [6.45, 7) is -0.110.